The van der Waals surface area contributed by atoms with E-state index in [0.29, 0.717) is 16.3 Å². The van der Waals surface area contributed by atoms with Crippen LogP contribution < -0.4 is 10.1 Å². The lowest BCUT2D eigenvalue weighted by Gasteiger charge is -2.21. The van der Waals surface area contributed by atoms with Crippen LogP contribution in [0.25, 0.3) is 0 Å². The average Bonchev–Trinajstić information content (AvgIpc) is 2.28. The summed E-state index contributed by atoms with van der Waals surface area (Å²) in [5.41, 5.74) is -0.711. The summed E-state index contributed by atoms with van der Waals surface area (Å²) >= 11 is 5.86. The molecular weight excluding hydrogens is 270 g/mol. The standard InChI is InChI=1S/C13H16ClNO4/c1-13(2,12(17)18)15-11(16)7-8-6-9(14)4-5-10(8)19-3/h4-6H,7H2,1-3H3,(H,15,16)(H,17,18). The number of methoxy groups -OCH3 is 1. The number of carboxylic acids is 1. The molecule has 1 aromatic rings. The maximum atomic E-state index is 11.8. The van der Waals surface area contributed by atoms with E-state index in [0.717, 1.165) is 0 Å². The van der Waals surface area contributed by atoms with Crippen molar-refractivity contribution in [1.82, 2.24) is 5.32 Å². The van der Waals surface area contributed by atoms with E-state index in [1.165, 1.54) is 21.0 Å². The highest BCUT2D eigenvalue weighted by Gasteiger charge is 2.29. The third kappa shape index (κ3) is 4.13. The van der Waals surface area contributed by atoms with E-state index in [4.69, 9.17) is 21.4 Å². The Hall–Kier alpha value is -1.75. The Morgan fingerprint density at radius 1 is 1.42 bits per heavy atom. The molecule has 0 radical (unpaired) electrons. The molecule has 2 N–H and O–H groups in total. The van der Waals surface area contributed by atoms with Gasteiger partial charge in [0.05, 0.1) is 13.5 Å². The largest absolute Gasteiger partial charge is 0.496 e. The van der Waals surface area contributed by atoms with E-state index in [1.54, 1.807) is 18.2 Å². The second-order valence-corrected chi connectivity index (χ2v) is 5.05. The van der Waals surface area contributed by atoms with E-state index in [-0.39, 0.29) is 6.42 Å². The first-order valence-electron chi connectivity index (χ1n) is 5.63. The molecule has 0 aliphatic heterocycles. The number of benzene rings is 1. The minimum absolute atomic E-state index is 0.000440. The molecule has 0 unspecified atom stereocenters. The van der Waals surface area contributed by atoms with E-state index >= 15 is 0 Å². The zero-order valence-corrected chi connectivity index (χ0v) is 11.7. The number of halogens is 1. The van der Waals surface area contributed by atoms with Gasteiger partial charge in [-0.3, -0.25) is 4.79 Å². The molecule has 0 saturated heterocycles. The Balaban J connectivity index is 2.83. The predicted molar refractivity (Wildman–Crippen MR) is 71.6 cm³/mol. The van der Waals surface area contributed by atoms with Gasteiger partial charge in [-0.05, 0) is 32.0 Å². The van der Waals surface area contributed by atoms with Crippen LogP contribution in [0.15, 0.2) is 18.2 Å². The van der Waals surface area contributed by atoms with Crippen LogP contribution in [-0.4, -0.2) is 29.6 Å². The number of carbonyl (C=O) groups excluding carboxylic acids is 1. The highest BCUT2D eigenvalue weighted by Crippen LogP contribution is 2.23. The minimum Gasteiger partial charge on any atom is -0.496 e. The van der Waals surface area contributed by atoms with Crippen molar-refractivity contribution in [3.05, 3.63) is 28.8 Å². The van der Waals surface area contributed by atoms with Crippen LogP contribution in [-0.2, 0) is 16.0 Å². The Morgan fingerprint density at radius 2 is 2.05 bits per heavy atom. The summed E-state index contributed by atoms with van der Waals surface area (Å²) in [7, 11) is 1.49. The molecule has 5 nitrogen and oxygen atoms in total. The Bertz CT molecular complexity index is 499. The molecule has 0 aliphatic rings. The molecule has 6 heteroatoms. The van der Waals surface area contributed by atoms with Crippen molar-refractivity contribution in [3.8, 4) is 5.75 Å². The molecule has 0 atom stereocenters. The zero-order valence-electron chi connectivity index (χ0n) is 11.0. The third-order valence-electron chi connectivity index (χ3n) is 2.58. The van der Waals surface area contributed by atoms with E-state index in [1.807, 2.05) is 0 Å². The maximum Gasteiger partial charge on any atom is 0.328 e. The van der Waals surface area contributed by atoms with Gasteiger partial charge in [-0.1, -0.05) is 11.6 Å². The van der Waals surface area contributed by atoms with Crippen molar-refractivity contribution in [2.24, 2.45) is 0 Å². The van der Waals surface area contributed by atoms with Crippen molar-refractivity contribution in [2.75, 3.05) is 7.11 Å². The van der Waals surface area contributed by atoms with Crippen LogP contribution in [0.3, 0.4) is 0 Å². The molecule has 1 rings (SSSR count). The molecule has 1 amide bonds. The van der Waals surface area contributed by atoms with Gasteiger partial charge in [-0.15, -0.1) is 0 Å². The number of carbonyl (C=O) groups is 2. The normalized spacial score (nSPS) is 10.9. The van der Waals surface area contributed by atoms with Crippen molar-refractivity contribution < 1.29 is 19.4 Å². The summed E-state index contributed by atoms with van der Waals surface area (Å²) in [6.45, 7) is 2.84. The Kier molecular flexibility index (Phi) is 4.78. The Morgan fingerprint density at radius 3 is 2.58 bits per heavy atom. The Labute approximate surface area is 116 Å². The van der Waals surface area contributed by atoms with Crippen LogP contribution in [0.1, 0.15) is 19.4 Å². The molecule has 104 valence electrons. The predicted octanol–water partition coefficient (Wildman–Crippen LogP) is 1.87. The number of aliphatic carboxylic acids is 1. The average molecular weight is 286 g/mol. The first kappa shape index (κ1) is 15.3. The van der Waals surface area contributed by atoms with Crippen LogP contribution >= 0.6 is 11.6 Å². The van der Waals surface area contributed by atoms with Crippen LogP contribution in [0.2, 0.25) is 5.02 Å². The summed E-state index contributed by atoms with van der Waals surface area (Å²) in [6.07, 6.45) is 0.000440. The molecule has 0 aliphatic carbocycles. The number of ether oxygens (including phenoxy) is 1. The quantitative estimate of drug-likeness (QED) is 0.866. The second kappa shape index (κ2) is 5.93. The summed E-state index contributed by atoms with van der Waals surface area (Å²) in [5.74, 6) is -0.973. The lowest BCUT2D eigenvalue weighted by atomic mass is 10.0. The highest BCUT2D eigenvalue weighted by molar-refractivity contribution is 6.30. The molecule has 0 saturated carbocycles. The lowest BCUT2D eigenvalue weighted by molar-refractivity contribution is -0.145. The molecule has 19 heavy (non-hydrogen) atoms. The highest BCUT2D eigenvalue weighted by atomic mass is 35.5. The topological polar surface area (TPSA) is 75.6 Å². The van der Waals surface area contributed by atoms with Crippen molar-refractivity contribution in [3.63, 3.8) is 0 Å². The molecule has 1 aromatic carbocycles. The van der Waals surface area contributed by atoms with Crippen LogP contribution in [0.5, 0.6) is 5.75 Å². The lowest BCUT2D eigenvalue weighted by Crippen LogP contribution is -2.50. The van der Waals surface area contributed by atoms with Gasteiger partial charge >= 0.3 is 5.97 Å². The first-order valence-corrected chi connectivity index (χ1v) is 6.01. The van der Waals surface area contributed by atoms with Gasteiger partial charge in [0.2, 0.25) is 5.91 Å². The summed E-state index contributed by atoms with van der Waals surface area (Å²) in [5, 5.41) is 11.9. The van der Waals surface area contributed by atoms with Gasteiger partial charge in [0.1, 0.15) is 11.3 Å². The van der Waals surface area contributed by atoms with Gasteiger partial charge in [0.25, 0.3) is 0 Å². The number of carboxylic acid groups (broad SMARTS) is 1. The fourth-order valence-electron chi connectivity index (χ4n) is 1.50. The van der Waals surface area contributed by atoms with E-state index in [2.05, 4.69) is 5.32 Å². The molecule has 0 heterocycles. The monoisotopic (exact) mass is 285 g/mol. The van der Waals surface area contributed by atoms with Crippen LogP contribution in [0, 0.1) is 0 Å². The van der Waals surface area contributed by atoms with E-state index in [9.17, 15) is 9.59 Å². The summed E-state index contributed by atoms with van der Waals surface area (Å²) < 4.78 is 5.12. The first-order chi connectivity index (χ1) is 8.76. The van der Waals surface area contributed by atoms with Crippen molar-refractivity contribution in [1.29, 1.82) is 0 Å². The molecule has 0 aromatic heterocycles. The van der Waals surface area contributed by atoms with Gasteiger partial charge in [-0.2, -0.15) is 0 Å². The number of amides is 1. The van der Waals surface area contributed by atoms with Gasteiger partial charge in [0, 0.05) is 10.6 Å². The number of hydrogen-bond donors (Lipinski definition) is 2. The fourth-order valence-corrected chi connectivity index (χ4v) is 1.70. The number of hydrogen-bond acceptors (Lipinski definition) is 3. The zero-order chi connectivity index (χ0) is 14.6. The van der Waals surface area contributed by atoms with Gasteiger partial charge in [0.15, 0.2) is 0 Å². The van der Waals surface area contributed by atoms with Crippen LogP contribution in [0.4, 0.5) is 0 Å². The van der Waals surface area contributed by atoms with Gasteiger partial charge < -0.3 is 15.2 Å². The third-order valence-corrected chi connectivity index (χ3v) is 2.82. The van der Waals surface area contributed by atoms with Crippen molar-refractivity contribution >= 4 is 23.5 Å². The number of rotatable bonds is 5. The smallest absolute Gasteiger partial charge is 0.328 e. The summed E-state index contributed by atoms with van der Waals surface area (Å²) in [4.78, 5) is 22.8. The van der Waals surface area contributed by atoms with E-state index < -0.39 is 17.4 Å². The molecular formula is C13H16ClNO4. The maximum absolute atomic E-state index is 11.8. The second-order valence-electron chi connectivity index (χ2n) is 4.61. The van der Waals surface area contributed by atoms with Gasteiger partial charge in [-0.25, -0.2) is 4.79 Å². The summed E-state index contributed by atoms with van der Waals surface area (Å²) in [6, 6.07) is 4.93. The van der Waals surface area contributed by atoms with Crippen molar-refractivity contribution in [2.45, 2.75) is 25.8 Å². The SMILES string of the molecule is COc1ccc(Cl)cc1CC(=O)NC(C)(C)C(=O)O. The molecule has 0 bridgehead atoms. The molecule has 0 fully saturated rings. The fraction of sp³-hybridized carbons (Fsp3) is 0.385. The minimum atomic E-state index is -1.32. The molecule has 0 spiro atoms. The number of nitrogens with one attached hydrogen (secondary N) is 1.